The van der Waals surface area contributed by atoms with Gasteiger partial charge in [-0.15, -0.1) is 0 Å². The van der Waals surface area contributed by atoms with Crippen LogP contribution in [0, 0.1) is 10.1 Å². The molecule has 1 aromatic rings. The Labute approximate surface area is 123 Å². The van der Waals surface area contributed by atoms with Crippen molar-refractivity contribution < 1.29 is 14.5 Å². The van der Waals surface area contributed by atoms with E-state index in [0.717, 1.165) is 13.0 Å². The van der Waals surface area contributed by atoms with Crippen LogP contribution in [0.4, 0.5) is 11.4 Å². The Hall–Kier alpha value is -2.15. The number of non-ortho nitro benzene ring substituents is 1. The number of rotatable bonds is 6. The number of benzene rings is 1. The van der Waals surface area contributed by atoms with Crippen molar-refractivity contribution in [1.29, 1.82) is 0 Å². The molecule has 21 heavy (non-hydrogen) atoms. The van der Waals surface area contributed by atoms with Crippen LogP contribution in [-0.2, 0) is 4.79 Å². The highest BCUT2D eigenvalue weighted by molar-refractivity contribution is 6.00. The quantitative estimate of drug-likeness (QED) is 0.637. The second kappa shape index (κ2) is 6.53. The first-order valence-electron chi connectivity index (χ1n) is 6.95. The summed E-state index contributed by atoms with van der Waals surface area (Å²) in [6, 6.07) is 4.05. The number of carbonyl (C=O) groups excluding carboxylic acids is 1. The van der Waals surface area contributed by atoms with Gasteiger partial charge in [-0.3, -0.25) is 14.9 Å². The molecule has 0 spiro atoms. The number of nitro benzene ring substituents is 1. The second-order valence-corrected chi connectivity index (χ2v) is 4.90. The van der Waals surface area contributed by atoms with E-state index < -0.39 is 4.92 Å². The van der Waals surface area contributed by atoms with E-state index in [9.17, 15) is 14.9 Å². The van der Waals surface area contributed by atoms with Gasteiger partial charge in [0.25, 0.3) is 5.69 Å². The van der Waals surface area contributed by atoms with Gasteiger partial charge in [0, 0.05) is 18.7 Å². The monoisotopic (exact) mass is 293 g/mol. The lowest BCUT2D eigenvalue weighted by Gasteiger charge is -2.19. The molecule has 7 heteroatoms. The summed E-state index contributed by atoms with van der Waals surface area (Å²) < 4.78 is 5.22. The Kier molecular flexibility index (Phi) is 4.74. The Morgan fingerprint density at radius 3 is 2.90 bits per heavy atom. The molecule has 0 aromatic heterocycles. The highest BCUT2D eigenvalue weighted by Gasteiger charge is 2.34. The smallest absolute Gasteiger partial charge is 0.271 e. The molecule has 0 bridgehead atoms. The minimum Gasteiger partial charge on any atom is -0.495 e. The maximum Gasteiger partial charge on any atom is 0.271 e. The van der Waals surface area contributed by atoms with Crippen LogP contribution in [0.3, 0.4) is 0 Å². The summed E-state index contributed by atoms with van der Waals surface area (Å²) >= 11 is 0. The largest absolute Gasteiger partial charge is 0.495 e. The number of nitro groups is 1. The molecule has 1 aromatic carbocycles. The summed E-state index contributed by atoms with van der Waals surface area (Å²) in [7, 11) is 1.48. The molecule has 1 aliphatic heterocycles. The van der Waals surface area contributed by atoms with Gasteiger partial charge in [0.1, 0.15) is 5.75 Å². The zero-order valence-corrected chi connectivity index (χ0v) is 12.2. The number of nitrogens with one attached hydrogen (secondary N) is 1. The lowest BCUT2D eigenvalue weighted by Crippen LogP contribution is -2.38. The molecule has 0 aliphatic carbocycles. The molecular weight excluding hydrogens is 274 g/mol. The number of amides is 1. The van der Waals surface area contributed by atoms with Crippen molar-refractivity contribution >= 4 is 17.3 Å². The SMILES string of the molecule is CCCNC1CCN(c2cc([N+](=O)[O-])ccc2OC)C1=O. The molecular formula is C14H19N3O4. The van der Waals surface area contributed by atoms with E-state index in [2.05, 4.69) is 5.32 Å². The first kappa shape index (κ1) is 15.2. The summed E-state index contributed by atoms with van der Waals surface area (Å²) in [6.07, 6.45) is 1.63. The molecule has 1 amide bonds. The van der Waals surface area contributed by atoms with Crippen LogP contribution >= 0.6 is 0 Å². The van der Waals surface area contributed by atoms with Crippen LogP contribution in [0.25, 0.3) is 0 Å². The molecule has 1 saturated heterocycles. The third-order valence-corrected chi connectivity index (χ3v) is 3.51. The van der Waals surface area contributed by atoms with Crippen molar-refractivity contribution in [3.63, 3.8) is 0 Å². The average Bonchev–Trinajstić information content (AvgIpc) is 2.85. The Morgan fingerprint density at radius 2 is 2.29 bits per heavy atom. The Bertz CT molecular complexity index is 547. The molecule has 0 radical (unpaired) electrons. The van der Waals surface area contributed by atoms with Crippen molar-refractivity contribution in [3.8, 4) is 5.75 Å². The molecule has 1 fully saturated rings. The summed E-state index contributed by atoms with van der Waals surface area (Å²) in [6.45, 7) is 3.34. The van der Waals surface area contributed by atoms with Gasteiger partial charge in [-0.05, 0) is 25.5 Å². The van der Waals surface area contributed by atoms with Gasteiger partial charge in [-0.25, -0.2) is 0 Å². The number of hydrogen-bond donors (Lipinski definition) is 1. The van der Waals surface area contributed by atoms with Gasteiger partial charge in [-0.2, -0.15) is 0 Å². The predicted molar refractivity (Wildman–Crippen MR) is 78.7 cm³/mol. The van der Waals surface area contributed by atoms with E-state index in [4.69, 9.17) is 4.74 Å². The number of ether oxygens (including phenoxy) is 1. The normalized spacial score (nSPS) is 18.1. The van der Waals surface area contributed by atoms with Crippen molar-refractivity contribution in [1.82, 2.24) is 5.32 Å². The van der Waals surface area contributed by atoms with Gasteiger partial charge in [0.2, 0.25) is 5.91 Å². The number of methoxy groups -OCH3 is 1. The van der Waals surface area contributed by atoms with Gasteiger partial charge in [-0.1, -0.05) is 6.92 Å². The molecule has 114 valence electrons. The van der Waals surface area contributed by atoms with Crippen LogP contribution in [0.1, 0.15) is 19.8 Å². The van der Waals surface area contributed by atoms with E-state index in [-0.39, 0.29) is 17.6 Å². The predicted octanol–water partition coefficient (Wildman–Crippen LogP) is 1.71. The van der Waals surface area contributed by atoms with E-state index in [1.165, 1.54) is 25.3 Å². The molecule has 1 N–H and O–H groups in total. The highest BCUT2D eigenvalue weighted by Crippen LogP contribution is 2.34. The fraction of sp³-hybridized carbons (Fsp3) is 0.500. The van der Waals surface area contributed by atoms with Crippen LogP contribution in [-0.4, -0.2) is 37.1 Å². The Balaban J connectivity index is 2.27. The third-order valence-electron chi connectivity index (χ3n) is 3.51. The standard InChI is InChI=1S/C14H19N3O4/c1-3-7-15-11-6-8-16(14(11)18)12-9-10(17(19)20)4-5-13(12)21-2/h4-5,9,11,15H,3,6-8H2,1-2H3. The van der Waals surface area contributed by atoms with Crippen molar-refractivity contribution in [2.45, 2.75) is 25.8 Å². The molecule has 1 heterocycles. The first-order chi connectivity index (χ1) is 10.1. The number of nitrogens with zero attached hydrogens (tertiary/aromatic N) is 2. The van der Waals surface area contributed by atoms with Gasteiger partial charge >= 0.3 is 0 Å². The molecule has 1 unspecified atom stereocenters. The van der Waals surface area contributed by atoms with Gasteiger partial charge < -0.3 is 15.0 Å². The number of hydrogen-bond acceptors (Lipinski definition) is 5. The van der Waals surface area contributed by atoms with E-state index in [1.54, 1.807) is 4.90 Å². The van der Waals surface area contributed by atoms with Crippen LogP contribution in [0.15, 0.2) is 18.2 Å². The summed E-state index contributed by atoms with van der Waals surface area (Å²) in [4.78, 5) is 24.4. The third kappa shape index (κ3) is 3.13. The summed E-state index contributed by atoms with van der Waals surface area (Å²) in [5.74, 6) is 0.396. The maximum atomic E-state index is 12.4. The van der Waals surface area contributed by atoms with Crippen molar-refractivity contribution in [3.05, 3.63) is 28.3 Å². The van der Waals surface area contributed by atoms with Crippen molar-refractivity contribution in [2.24, 2.45) is 0 Å². The second-order valence-electron chi connectivity index (χ2n) is 4.90. The van der Waals surface area contributed by atoms with Crippen LogP contribution in [0.2, 0.25) is 0 Å². The molecule has 0 saturated carbocycles. The fourth-order valence-corrected chi connectivity index (χ4v) is 2.43. The van der Waals surface area contributed by atoms with E-state index in [0.29, 0.717) is 24.4 Å². The zero-order valence-electron chi connectivity index (χ0n) is 12.2. The molecule has 2 rings (SSSR count). The zero-order chi connectivity index (χ0) is 15.4. The highest BCUT2D eigenvalue weighted by atomic mass is 16.6. The molecule has 7 nitrogen and oxygen atoms in total. The maximum absolute atomic E-state index is 12.4. The first-order valence-corrected chi connectivity index (χ1v) is 6.95. The minimum absolute atomic E-state index is 0.0523. The number of anilines is 1. The fourth-order valence-electron chi connectivity index (χ4n) is 2.43. The molecule has 1 atom stereocenters. The lowest BCUT2D eigenvalue weighted by atomic mass is 10.2. The molecule has 1 aliphatic rings. The summed E-state index contributed by atoms with van der Waals surface area (Å²) in [5, 5.41) is 14.1. The van der Waals surface area contributed by atoms with Gasteiger partial charge in [0.15, 0.2) is 0 Å². The average molecular weight is 293 g/mol. The Morgan fingerprint density at radius 1 is 1.52 bits per heavy atom. The van der Waals surface area contributed by atoms with E-state index >= 15 is 0 Å². The van der Waals surface area contributed by atoms with Crippen molar-refractivity contribution in [2.75, 3.05) is 25.1 Å². The minimum atomic E-state index is -0.476. The van der Waals surface area contributed by atoms with Crippen LogP contribution < -0.4 is 15.0 Å². The topological polar surface area (TPSA) is 84.7 Å². The van der Waals surface area contributed by atoms with Crippen LogP contribution in [0.5, 0.6) is 5.75 Å². The lowest BCUT2D eigenvalue weighted by molar-refractivity contribution is -0.384. The summed E-state index contributed by atoms with van der Waals surface area (Å²) in [5.41, 5.74) is 0.404. The van der Waals surface area contributed by atoms with Gasteiger partial charge in [0.05, 0.1) is 23.8 Å². The van der Waals surface area contributed by atoms with E-state index in [1.807, 2.05) is 6.92 Å². The number of carbonyl (C=O) groups is 1.